The summed E-state index contributed by atoms with van der Waals surface area (Å²) in [7, 11) is 2.88. The predicted molar refractivity (Wildman–Crippen MR) is 134 cm³/mol. The molecule has 1 N–H and O–H groups in total. The lowest BCUT2D eigenvalue weighted by molar-refractivity contribution is -0.132. The number of rotatable bonds is 5. The number of ether oxygens (including phenoxy) is 2. The van der Waals surface area contributed by atoms with E-state index in [4.69, 9.17) is 21.1 Å². The molecule has 0 aliphatic carbocycles. The Bertz CT molecular complexity index is 1340. The summed E-state index contributed by atoms with van der Waals surface area (Å²) in [4.78, 5) is 29.0. The number of hydrogen-bond acceptors (Lipinski definition) is 6. The van der Waals surface area contributed by atoms with E-state index < -0.39 is 17.7 Å². The molecule has 1 unspecified atom stereocenters. The Hall–Kier alpha value is -3.29. The van der Waals surface area contributed by atoms with Crippen LogP contribution in [0.1, 0.15) is 33.2 Å². The van der Waals surface area contributed by atoms with Gasteiger partial charge >= 0.3 is 0 Å². The van der Waals surface area contributed by atoms with Gasteiger partial charge in [-0.1, -0.05) is 17.7 Å². The van der Waals surface area contributed by atoms with E-state index in [1.807, 2.05) is 50.4 Å². The van der Waals surface area contributed by atoms with Gasteiger partial charge in [0.2, 0.25) is 0 Å². The zero-order valence-electron chi connectivity index (χ0n) is 19.4. The molecule has 1 amide bonds. The van der Waals surface area contributed by atoms with Crippen molar-refractivity contribution in [2.75, 3.05) is 19.1 Å². The van der Waals surface area contributed by atoms with Crippen molar-refractivity contribution in [2.24, 2.45) is 0 Å². The topological polar surface area (TPSA) is 76.1 Å². The monoisotopic (exact) mass is 497 g/mol. The number of aliphatic hydroxyl groups is 1. The zero-order valence-corrected chi connectivity index (χ0v) is 21.0. The molecule has 1 atom stereocenters. The van der Waals surface area contributed by atoms with Gasteiger partial charge in [0.1, 0.15) is 23.3 Å². The SMILES string of the molecule is COc1cc(/C(O)=C2\C(=O)C(=O)N(c3ccc(C)c(C)c3)C2c2sccc2C)c(OC)cc1Cl. The molecule has 0 radical (unpaired) electrons. The molecule has 8 heteroatoms. The molecule has 0 bridgehead atoms. The predicted octanol–water partition coefficient (Wildman–Crippen LogP) is 5.97. The molecule has 176 valence electrons. The number of Topliss-reactive ketones (excluding diaryl/α,β-unsaturated/α-hetero) is 1. The van der Waals surface area contributed by atoms with Crippen LogP contribution in [0, 0.1) is 20.8 Å². The highest BCUT2D eigenvalue weighted by Gasteiger charge is 2.48. The second kappa shape index (κ2) is 9.16. The molecule has 4 rings (SSSR count). The van der Waals surface area contributed by atoms with E-state index in [0.717, 1.165) is 21.6 Å². The summed E-state index contributed by atoms with van der Waals surface area (Å²) in [5.41, 5.74) is 3.75. The molecule has 1 saturated heterocycles. The summed E-state index contributed by atoms with van der Waals surface area (Å²) < 4.78 is 10.7. The minimum atomic E-state index is -0.798. The van der Waals surface area contributed by atoms with Gasteiger partial charge in [-0.15, -0.1) is 11.3 Å². The van der Waals surface area contributed by atoms with Crippen LogP contribution in [0.4, 0.5) is 5.69 Å². The number of halogens is 1. The van der Waals surface area contributed by atoms with Gasteiger partial charge in [0.15, 0.2) is 0 Å². The number of hydrogen-bond donors (Lipinski definition) is 1. The fourth-order valence-electron chi connectivity index (χ4n) is 4.08. The van der Waals surface area contributed by atoms with E-state index >= 15 is 0 Å². The van der Waals surface area contributed by atoms with E-state index in [1.54, 1.807) is 0 Å². The second-order valence-electron chi connectivity index (χ2n) is 8.09. The summed E-state index contributed by atoms with van der Waals surface area (Å²) in [6.07, 6.45) is 0. The first kappa shape index (κ1) is 23.9. The highest BCUT2D eigenvalue weighted by molar-refractivity contribution is 7.10. The number of aliphatic hydroxyl groups excluding tert-OH is 1. The number of benzene rings is 2. The number of aryl methyl sites for hydroxylation is 3. The summed E-state index contributed by atoms with van der Waals surface area (Å²) in [5, 5.41) is 13.6. The van der Waals surface area contributed by atoms with E-state index in [2.05, 4.69) is 0 Å². The third kappa shape index (κ3) is 3.85. The van der Waals surface area contributed by atoms with Crippen molar-refractivity contribution in [1.29, 1.82) is 0 Å². The van der Waals surface area contributed by atoms with Crippen LogP contribution in [0.25, 0.3) is 5.76 Å². The first-order chi connectivity index (χ1) is 16.2. The van der Waals surface area contributed by atoms with Crippen molar-refractivity contribution < 1.29 is 24.2 Å². The fourth-order valence-corrected chi connectivity index (χ4v) is 5.33. The van der Waals surface area contributed by atoms with Crippen LogP contribution >= 0.6 is 22.9 Å². The van der Waals surface area contributed by atoms with Gasteiger partial charge in [-0.2, -0.15) is 0 Å². The fraction of sp³-hybridized carbons (Fsp3) is 0.231. The van der Waals surface area contributed by atoms with Crippen molar-refractivity contribution >= 4 is 46.1 Å². The maximum absolute atomic E-state index is 13.4. The number of amides is 1. The standard InChI is InChI=1S/C26H24ClNO5S/c1-13-6-7-16(10-15(13)3)28-22(25-14(2)8-9-34-25)21(24(30)26(28)31)23(29)17-11-20(33-5)18(27)12-19(17)32-4/h6-12,22,29H,1-5H3/b23-21+. The Morgan fingerprint density at radius 1 is 0.971 bits per heavy atom. The van der Waals surface area contributed by atoms with Crippen molar-refractivity contribution in [3.05, 3.63) is 79.5 Å². The first-order valence-corrected chi connectivity index (χ1v) is 11.8. The quantitative estimate of drug-likeness (QED) is 0.267. The summed E-state index contributed by atoms with van der Waals surface area (Å²) in [5.74, 6) is -1.28. The number of methoxy groups -OCH3 is 2. The Morgan fingerprint density at radius 2 is 1.68 bits per heavy atom. The highest BCUT2D eigenvalue weighted by Crippen LogP contribution is 2.46. The summed E-state index contributed by atoms with van der Waals surface area (Å²) >= 11 is 7.65. The molecule has 1 aliphatic rings. The smallest absolute Gasteiger partial charge is 0.300 e. The number of thiophene rings is 1. The Balaban J connectivity index is 2.00. The van der Waals surface area contributed by atoms with Crippen molar-refractivity contribution in [3.63, 3.8) is 0 Å². The molecule has 1 aliphatic heterocycles. The number of carbonyl (C=O) groups excluding carboxylic acids is 2. The van der Waals surface area contributed by atoms with Gasteiger partial charge in [-0.05, 0) is 67.1 Å². The molecule has 2 aromatic carbocycles. The molecule has 2 heterocycles. The normalized spacial score (nSPS) is 17.4. The maximum atomic E-state index is 13.4. The van der Waals surface area contributed by atoms with Crippen LogP contribution in [0.3, 0.4) is 0 Å². The average Bonchev–Trinajstić information content (AvgIpc) is 3.35. The van der Waals surface area contributed by atoms with Gasteiger partial charge in [-0.3, -0.25) is 14.5 Å². The minimum absolute atomic E-state index is 0.0172. The molecular formula is C26H24ClNO5S. The van der Waals surface area contributed by atoms with Gasteiger partial charge in [0.05, 0.1) is 30.4 Å². The first-order valence-electron chi connectivity index (χ1n) is 10.5. The summed E-state index contributed by atoms with van der Waals surface area (Å²) in [6, 6.07) is 9.73. The lowest BCUT2D eigenvalue weighted by Crippen LogP contribution is -2.29. The van der Waals surface area contributed by atoms with Crippen LogP contribution < -0.4 is 14.4 Å². The second-order valence-corrected chi connectivity index (χ2v) is 9.45. The van der Waals surface area contributed by atoms with E-state index in [-0.39, 0.29) is 27.7 Å². The Morgan fingerprint density at radius 3 is 2.26 bits per heavy atom. The molecule has 0 saturated carbocycles. The van der Waals surface area contributed by atoms with Crippen LogP contribution in [-0.2, 0) is 9.59 Å². The third-order valence-electron chi connectivity index (χ3n) is 6.09. The maximum Gasteiger partial charge on any atom is 0.300 e. The highest BCUT2D eigenvalue weighted by atomic mass is 35.5. The summed E-state index contributed by atoms with van der Waals surface area (Å²) in [6.45, 7) is 5.85. The Labute approximate surface area is 207 Å². The van der Waals surface area contributed by atoms with E-state index in [9.17, 15) is 14.7 Å². The van der Waals surface area contributed by atoms with Crippen LogP contribution in [0.2, 0.25) is 5.02 Å². The van der Waals surface area contributed by atoms with E-state index in [1.165, 1.54) is 42.6 Å². The van der Waals surface area contributed by atoms with Gasteiger partial charge in [0, 0.05) is 16.6 Å². The molecule has 1 fully saturated rings. The number of nitrogens with zero attached hydrogens (tertiary/aromatic N) is 1. The largest absolute Gasteiger partial charge is 0.507 e. The van der Waals surface area contributed by atoms with Crippen molar-refractivity contribution in [3.8, 4) is 11.5 Å². The molecule has 0 spiro atoms. The zero-order chi connectivity index (χ0) is 24.7. The van der Waals surface area contributed by atoms with Crippen molar-refractivity contribution in [2.45, 2.75) is 26.8 Å². The van der Waals surface area contributed by atoms with Gasteiger partial charge < -0.3 is 14.6 Å². The number of ketones is 1. The number of anilines is 1. The Kier molecular flexibility index (Phi) is 6.43. The lowest BCUT2D eigenvalue weighted by Gasteiger charge is -2.25. The average molecular weight is 498 g/mol. The van der Waals surface area contributed by atoms with Crippen molar-refractivity contribution in [1.82, 2.24) is 0 Å². The minimum Gasteiger partial charge on any atom is -0.507 e. The lowest BCUT2D eigenvalue weighted by atomic mass is 9.97. The molecule has 34 heavy (non-hydrogen) atoms. The van der Waals surface area contributed by atoms with E-state index in [0.29, 0.717) is 11.4 Å². The molecule has 3 aromatic rings. The third-order valence-corrected chi connectivity index (χ3v) is 7.46. The molecule has 1 aromatic heterocycles. The van der Waals surface area contributed by atoms with Crippen LogP contribution in [-0.4, -0.2) is 31.0 Å². The molecular weight excluding hydrogens is 474 g/mol. The van der Waals surface area contributed by atoms with Gasteiger partial charge in [-0.25, -0.2) is 0 Å². The van der Waals surface area contributed by atoms with Crippen LogP contribution in [0.15, 0.2) is 47.4 Å². The van der Waals surface area contributed by atoms with Crippen LogP contribution in [0.5, 0.6) is 11.5 Å². The number of carbonyl (C=O) groups is 2. The molecule has 6 nitrogen and oxygen atoms in total. The van der Waals surface area contributed by atoms with Gasteiger partial charge in [0.25, 0.3) is 11.7 Å².